The minimum atomic E-state index is -4.27. The highest BCUT2D eigenvalue weighted by molar-refractivity contribution is 7.89. The van der Waals surface area contributed by atoms with E-state index in [0.717, 1.165) is 24.3 Å². The number of carboxylic acid groups (broad SMARTS) is 1. The quantitative estimate of drug-likeness (QED) is 0.522. The van der Waals surface area contributed by atoms with Crippen molar-refractivity contribution in [3.05, 3.63) is 74.3 Å². The second-order valence-corrected chi connectivity index (χ2v) is 7.28. The summed E-state index contributed by atoms with van der Waals surface area (Å²) in [6, 6.07) is 9.00. The molecule has 12 heteroatoms. The normalized spacial score (nSPS) is 11.3. The number of aliphatic carboxylic acids is 1. The van der Waals surface area contributed by atoms with Gasteiger partial charge in [0.15, 0.2) is 0 Å². The van der Waals surface area contributed by atoms with Gasteiger partial charge in [-0.15, -0.1) is 0 Å². The summed E-state index contributed by atoms with van der Waals surface area (Å²) in [5.41, 5.74) is -0.164. The summed E-state index contributed by atoms with van der Waals surface area (Å²) >= 11 is 0. The van der Waals surface area contributed by atoms with Crippen molar-refractivity contribution in [1.82, 2.24) is 4.31 Å². The zero-order valence-corrected chi connectivity index (χ0v) is 14.4. The van der Waals surface area contributed by atoms with E-state index >= 15 is 0 Å². The molecule has 0 saturated carbocycles. The van der Waals surface area contributed by atoms with Gasteiger partial charge in [-0.3, -0.25) is 25.0 Å². The van der Waals surface area contributed by atoms with Crippen LogP contribution in [0.2, 0.25) is 0 Å². The highest BCUT2D eigenvalue weighted by Crippen LogP contribution is 2.22. The first-order chi connectivity index (χ1) is 12.6. The summed E-state index contributed by atoms with van der Waals surface area (Å²) in [5.74, 6) is -1.40. The molecule has 0 unspecified atom stereocenters. The molecule has 0 heterocycles. The van der Waals surface area contributed by atoms with E-state index in [-0.39, 0.29) is 22.8 Å². The maximum Gasteiger partial charge on any atom is 0.318 e. The van der Waals surface area contributed by atoms with Crippen LogP contribution in [0.15, 0.2) is 53.4 Å². The van der Waals surface area contributed by atoms with Crippen molar-refractivity contribution in [2.75, 3.05) is 6.54 Å². The van der Waals surface area contributed by atoms with Gasteiger partial charge < -0.3 is 5.11 Å². The number of benzene rings is 2. The molecule has 2 rings (SSSR count). The zero-order chi connectivity index (χ0) is 20.2. The van der Waals surface area contributed by atoms with E-state index in [9.17, 15) is 33.4 Å². The van der Waals surface area contributed by atoms with Crippen LogP contribution >= 0.6 is 0 Å². The van der Waals surface area contributed by atoms with Crippen LogP contribution in [-0.4, -0.2) is 40.2 Å². The van der Waals surface area contributed by atoms with E-state index < -0.39 is 32.4 Å². The number of hydrogen-bond acceptors (Lipinski definition) is 7. The molecule has 0 amide bonds. The number of carbonyl (C=O) groups is 1. The Labute approximate surface area is 152 Å². The lowest BCUT2D eigenvalue weighted by Gasteiger charge is -2.20. The van der Waals surface area contributed by atoms with Crippen LogP contribution in [0.5, 0.6) is 0 Å². The largest absolute Gasteiger partial charge is 0.480 e. The molecule has 0 spiro atoms. The van der Waals surface area contributed by atoms with Crippen LogP contribution in [-0.2, 0) is 21.4 Å². The Morgan fingerprint density at radius 2 is 1.37 bits per heavy atom. The van der Waals surface area contributed by atoms with Gasteiger partial charge in [0.05, 0.1) is 14.7 Å². The topological polar surface area (TPSA) is 161 Å². The lowest BCUT2D eigenvalue weighted by molar-refractivity contribution is -0.385. The summed E-state index contributed by atoms with van der Waals surface area (Å²) in [5, 5.41) is 30.4. The molecule has 0 fully saturated rings. The van der Waals surface area contributed by atoms with E-state index in [0.29, 0.717) is 9.87 Å². The maximum atomic E-state index is 12.7. The average molecular weight is 395 g/mol. The van der Waals surface area contributed by atoms with Crippen molar-refractivity contribution in [3.63, 3.8) is 0 Å². The Balaban J connectivity index is 2.34. The second-order valence-electron chi connectivity index (χ2n) is 5.34. The van der Waals surface area contributed by atoms with Crippen LogP contribution in [0.25, 0.3) is 0 Å². The monoisotopic (exact) mass is 395 g/mol. The highest BCUT2D eigenvalue weighted by atomic mass is 32.2. The van der Waals surface area contributed by atoms with Gasteiger partial charge in [-0.2, -0.15) is 4.31 Å². The zero-order valence-electron chi connectivity index (χ0n) is 13.6. The Kier molecular flexibility index (Phi) is 5.82. The molecular weight excluding hydrogens is 382 g/mol. The van der Waals surface area contributed by atoms with E-state index in [1.165, 1.54) is 24.3 Å². The SMILES string of the molecule is O=C(O)CN(Cc1ccc([N+](=O)[O-])cc1)S(=O)(=O)c1ccc([N+](=O)[O-])cc1. The number of nitrogens with zero attached hydrogens (tertiary/aromatic N) is 3. The minimum Gasteiger partial charge on any atom is -0.480 e. The van der Waals surface area contributed by atoms with Gasteiger partial charge in [0, 0.05) is 30.8 Å². The van der Waals surface area contributed by atoms with Crippen molar-refractivity contribution >= 4 is 27.4 Å². The van der Waals surface area contributed by atoms with Crippen LogP contribution in [0.3, 0.4) is 0 Å². The third kappa shape index (κ3) is 4.83. The molecule has 0 aromatic heterocycles. The van der Waals surface area contributed by atoms with Crippen LogP contribution < -0.4 is 0 Å². The van der Waals surface area contributed by atoms with E-state index in [1.807, 2.05) is 0 Å². The lowest BCUT2D eigenvalue weighted by atomic mass is 10.2. The molecule has 1 N–H and O–H groups in total. The second kappa shape index (κ2) is 7.88. The number of rotatable bonds is 8. The molecule has 0 aliphatic rings. The number of nitro benzene ring substituents is 2. The number of hydrogen-bond donors (Lipinski definition) is 1. The molecule has 2 aromatic carbocycles. The first kappa shape index (κ1) is 19.9. The van der Waals surface area contributed by atoms with Gasteiger partial charge in [-0.1, -0.05) is 12.1 Å². The van der Waals surface area contributed by atoms with Gasteiger partial charge in [-0.25, -0.2) is 8.42 Å². The van der Waals surface area contributed by atoms with Crippen LogP contribution in [0, 0.1) is 20.2 Å². The molecule has 11 nitrogen and oxygen atoms in total. The third-order valence-corrected chi connectivity index (χ3v) is 5.31. The van der Waals surface area contributed by atoms with E-state index in [2.05, 4.69) is 0 Å². The van der Waals surface area contributed by atoms with E-state index in [4.69, 9.17) is 5.11 Å². The van der Waals surface area contributed by atoms with Gasteiger partial charge in [0.25, 0.3) is 11.4 Å². The van der Waals surface area contributed by atoms with Crippen molar-refractivity contribution in [2.24, 2.45) is 0 Å². The summed E-state index contributed by atoms with van der Waals surface area (Å²) in [6.45, 7) is -1.19. The van der Waals surface area contributed by atoms with Gasteiger partial charge in [0.1, 0.15) is 6.54 Å². The molecule has 0 aliphatic heterocycles. The third-order valence-electron chi connectivity index (χ3n) is 3.50. The molecule has 27 heavy (non-hydrogen) atoms. The smallest absolute Gasteiger partial charge is 0.318 e. The Hall–Kier alpha value is -3.38. The molecule has 2 aromatic rings. The van der Waals surface area contributed by atoms with Crippen molar-refractivity contribution in [1.29, 1.82) is 0 Å². The number of sulfonamides is 1. The standard InChI is InChI=1S/C15H13N3O8S/c19-15(20)10-16(9-11-1-3-12(4-2-11)17(21)22)27(25,26)14-7-5-13(6-8-14)18(23)24/h1-8H,9-10H2,(H,19,20). The summed E-state index contributed by atoms with van der Waals surface area (Å²) < 4.78 is 26.1. The fourth-order valence-corrected chi connectivity index (χ4v) is 3.57. The van der Waals surface area contributed by atoms with Crippen molar-refractivity contribution in [3.8, 4) is 0 Å². The molecule has 0 aliphatic carbocycles. The summed E-state index contributed by atoms with van der Waals surface area (Å²) in [7, 11) is -4.27. The van der Waals surface area contributed by atoms with Gasteiger partial charge in [0.2, 0.25) is 10.0 Å². The summed E-state index contributed by atoms with van der Waals surface area (Å²) in [4.78, 5) is 30.8. The van der Waals surface area contributed by atoms with Crippen LogP contribution in [0.1, 0.15) is 5.56 Å². The molecule has 0 radical (unpaired) electrons. The first-order valence-electron chi connectivity index (χ1n) is 7.31. The first-order valence-corrected chi connectivity index (χ1v) is 8.75. The Morgan fingerprint density at radius 1 is 0.926 bits per heavy atom. The number of carboxylic acids is 1. The number of nitro groups is 2. The van der Waals surface area contributed by atoms with Gasteiger partial charge in [-0.05, 0) is 17.7 Å². The fraction of sp³-hybridized carbons (Fsp3) is 0.133. The average Bonchev–Trinajstić information content (AvgIpc) is 2.61. The molecular formula is C15H13N3O8S. The predicted molar refractivity (Wildman–Crippen MR) is 91.4 cm³/mol. The minimum absolute atomic E-state index is 0.193. The van der Waals surface area contributed by atoms with E-state index in [1.54, 1.807) is 0 Å². The van der Waals surface area contributed by atoms with Crippen molar-refractivity contribution < 1.29 is 28.2 Å². The molecule has 0 bridgehead atoms. The number of non-ortho nitro benzene ring substituents is 2. The molecule has 142 valence electrons. The van der Waals surface area contributed by atoms with Crippen molar-refractivity contribution in [2.45, 2.75) is 11.4 Å². The molecule has 0 saturated heterocycles. The predicted octanol–water partition coefficient (Wildman–Crippen LogP) is 1.78. The fourth-order valence-electron chi connectivity index (χ4n) is 2.19. The van der Waals surface area contributed by atoms with Gasteiger partial charge >= 0.3 is 5.97 Å². The Morgan fingerprint density at radius 3 is 1.78 bits per heavy atom. The molecule has 0 atom stereocenters. The summed E-state index contributed by atoms with van der Waals surface area (Å²) in [6.07, 6.45) is 0. The highest BCUT2D eigenvalue weighted by Gasteiger charge is 2.27. The maximum absolute atomic E-state index is 12.7. The Bertz CT molecular complexity index is 971. The van der Waals surface area contributed by atoms with Crippen LogP contribution in [0.4, 0.5) is 11.4 Å². The lowest BCUT2D eigenvalue weighted by Crippen LogP contribution is -2.35.